The number of ether oxygens (including phenoxy) is 2. The molecule has 0 aliphatic carbocycles. The molecule has 0 fully saturated rings. The van der Waals surface area contributed by atoms with Crippen molar-refractivity contribution in [2.24, 2.45) is 0 Å². The van der Waals surface area contributed by atoms with Crippen molar-refractivity contribution in [2.45, 2.75) is 0 Å². The van der Waals surface area contributed by atoms with Crippen molar-refractivity contribution in [1.29, 1.82) is 0 Å². The molecule has 0 aliphatic rings. The van der Waals surface area contributed by atoms with Gasteiger partial charge in [-0.15, -0.1) is 0 Å². The zero-order valence-electron chi connectivity index (χ0n) is 18.4. The maximum absolute atomic E-state index is 5.20. The van der Waals surface area contributed by atoms with Gasteiger partial charge in [0.2, 0.25) is 0 Å². The second-order valence-corrected chi connectivity index (χ2v) is 7.46. The number of benzene rings is 4. The van der Waals surface area contributed by atoms with Gasteiger partial charge in [-0.1, -0.05) is 97.1 Å². The van der Waals surface area contributed by atoms with Gasteiger partial charge in [0.25, 0.3) is 0 Å². The largest absolute Gasteiger partial charge is 0.497 e. The van der Waals surface area contributed by atoms with Crippen LogP contribution in [0.4, 0.5) is 0 Å². The molecule has 0 N–H and O–H groups in total. The van der Waals surface area contributed by atoms with Crippen LogP contribution in [0.15, 0.2) is 97.1 Å². The molecule has 4 aromatic carbocycles. The molecule has 0 saturated heterocycles. The minimum Gasteiger partial charge on any atom is -0.497 e. The smallest absolute Gasteiger partial charge is 0.118 e. The van der Waals surface area contributed by atoms with E-state index in [1.54, 1.807) is 14.2 Å². The van der Waals surface area contributed by atoms with Crippen LogP contribution in [0.25, 0.3) is 35.4 Å². The van der Waals surface area contributed by atoms with Crippen molar-refractivity contribution in [1.82, 2.24) is 0 Å². The first-order chi connectivity index (χ1) is 15.7. The summed E-state index contributed by atoms with van der Waals surface area (Å²) in [6, 6.07) is 33.3. The van der Waals surface area contributed by atoms with Gasteiger partial charge in [-0.3, -0.25) is 0 Å². The van der Waals surface area contributed by atoms with Crippen LogP contribution in [0.2, 0.25) is 0 Å². The minimum absolute atomic E-state index is 0.869. The monoisotopic (exact) mass is 418 g/mol. The Hall–Kier alpha value is -4.04. The van der Waals surface area contributed by atoms with E-state index in [-0.39, 0.29) is 0 Å². The molecule has 0 unspecified atom stereocenters. The summed E-state index contributed by atoms with van der Waals surface area (Å²) in [6.07, 6.45) is 8.47. The fourth-order valence-electron chi connectivity index (χ4n) is 3.39. The van der Waals surface area contributed by atoms with Gasteiger partial charge in [-0.2, -0.15) is 0 Å². The van der Waals surface area contributed by atoms with E-state index in [1.807, 2.05) is 48.5 Å². The van der Waals surface area contributed by atoms with Crippen molar-refractivity contribution >= 4 is 24.3 Å². The molecular weight excluding hydrogens is 392 g/mol. The molecule has 4 rings (SSSR count). The van der Waals surface area contributed by atoms with Crippen LogP contribution >= 0.6 is 0 Å². The summed E-state index contributed by atoms with van der Waals surface area (Å²) in [7, 11) is 3.36. The molecule has 158 valence electrons. The summed E-state index contributed by atoms with van der Waals surface area (Å²) in [5, 5.41) is 0. The Kier molecular flexibility index (Phi) is 6.84. The lowest BCUT2D eigenvalue weighted by Gasteiger charge is -2.04. The van der Waals surface area contributed by atoms with Gasteiger partial charge in [0.1, 0.15) is 11.5 Å². The first-order valence-electron chi connectivity index (χ1n) is 10.6. The highest BCUT2D eigenvalue weighted by Crippen LogP contribution is 2.22. The van der Waals surface area contributed by atoms with Gasteiger partial charge in [0.05, 0.1) is 14.2 Å². The Morgan fingerprint density at radius 2 is 0.625 bits per heavy atom. The summed E-state index contributed by atoms with van der Waals surface area (Å²) in [5.74, 6) is 1.74. The molecule has 0 amide bonds. The molecule has 0 saturated carbocycles. The molecule has 0 aromatic heterocycles. The summed E-state index contributed by atoms with van der Waals surface area (Å²) < 4.78 is 10.4. The molecule has 0 spiro atoms. The molecule has 2 heteroatoms. The lowest BCUT2D eigenvalue weighted by molar-refractivity contribution is 0.414. The molecule has 2 nitrogen and oxygen atoms in total. The Labute approximate surface area is 190 Å². The summed E-state index contributed by atoms with van der Waals surface area (Å²) in [5.41, 5.74) is 7.04. The quantitative estimate of drug-likeness (QED) is 0.286. The van der Waals surface area contributed by atoms with Gasteiger partial charge in [-0.25, -0.2) is 0 Å². The van der Waals surface area contributed by atoms with E-state index >= 15 is 0 Å². The highest BCUT2D eigenvalue weighted by molar-refractivity contribution is 5.74. The molecule has 0 heterocycles. The zero-order chi connectivity index (χ0) is 22.2. The third-order valence-electron chi connectivity index (χ3n) is 5.32. The fourth-order valence-corrected chi connectivity index (χ4v) is 3.39. The fraction of sp³-hybridized carbons (Fsp3) is 0.0667. The van der Waals surface area contributed by atoms with Crippen LogP contribution in [0.3, 0.4) is 0 Å². The summed E-state index contributed by atoms with van der Waals surface area (Å²) in [6.45, 7) is 0. The SMILES string of the molecule is COc1ccc(C=Cc2ccc(-c3ccc(C=Cc4ccc(OC)cc4)cc3)cc2)cc1. The maximum Gasteiger partial charge on any atom is 0.118 e. The molecule has 0 bridgehead atoms. The molecule has 4 aromatic rings. The van der Waals surface area contributed by atoms with Gasteiger partial charge in [-0.05, 0) is 57.6 Å². The van der Waals surface area contributed by atoms with Gasteiger partial charge in [0.15, 0.2) is 0 Å². The van der Waals surface area contributed by atoms with Crippen LogP contribution in [0, 0.1) is 0 Å². The number of rotatable bonds is 7. The van der Waals surface area contributed by atoms with Crippen molar-refractivity contribution in [3.63, 3.8) is 0 Å². The van der Waals surface area contributed by atoms with Crippen LogP contribution in [0.1, 0.15) is 22.3 Å². The lowest BCUT2D eigenvalue weighted by atomic mass is 10.0. The average molecular weight is 419 g/mol. The highest BCUT2D eigenvalue weighted by atomic mass is 16.5. The minimum atomic E-state index is 0.869. The average Bonchev–Trinajstić information content (AvgIpc) is 2.87. The molecular formula is C30H26O2. The van der Waals surface area contributed by atoms with Gasteiger partial charge < -0.3 is 9.47 Å². The standard InChI is InChI=1S/C30H26O2/c1-31-29-19-11-25(12-20-29)5-3-23-7-15-27(16-8-23)28-17-9-24(10-18-28)4-6-26-13-21-30(32-2)22-14-26/h3-22H,1-2H3. The number of methoxy groups -OCH3 is 2. The third-order valence-corrected chi connectivity index (χ3v) is 5.32. The first kappa shape index (κ1) is 21.2. The summed E-state index contributed by atoms with van der Waals surface area (Å²) >= 11 is 0. The molecule has 0 aliphatic heterocycles. The Morgan fingerprint density at radius 1 is 0.375 bits per heavy atom. The van der Waals surface area contributed by atoms with Crippen LogP contribution < -0.4 is 9.47 Å². The van der Waals surface area contributed by atoms with E-state index in [1.165, 1.54) is 22.3 Å². The summed E-state index contributed by atoms with van der Waals surface area (Å²) in [4.78, 5) is 0. The predicted octanol–water partition coefficient (Wildman–Crippen LogP) is 7.71. The van der Waals surface area contributed by atoms with Crippen molar-refractivity contribution < 1.29 is 9.47 Å². The van der Waals surface area contributed by atoms with Crippen LogP contribution in [-0.4, -0.2) is 14.2 Å². The van der Waals surface area contributed by atoms with E-state index in [0.717, 1.165) is 22.6 Å². The highest BCUT2D eigenvalue weighted by Gasteiger charge is 1.98. The molecule has 0 radical (unpaired) electrons. The van der Waals surface area contributed by atoms with E-state index in [2.05, 4.69) is 72.8 Å². The third kappa shape index (κ3) is 5.55. The van der Waals surface area contributed by atoms with E-state index in [4.69, 9.17) is 9.47 Å². The Morgan fingerprint density at radius 3 is 0.875 bits per heavy atom. The molecule has 32 heavy (non-hydrogen) atoms. The van der Waals surface area contributed by atoms with Crippen LogP contribution in [0.5, 0.6) is 11.5 Å². The maximum atomic E-state index is 5.20. The van der Waals surface area contributed by atoms with Gasteiger partial charge in [0, 0.05) is 0 Å². The first-order valence-corrected chi connectivity index (χ1v) is 10.6. The second kappa shape index (κ2) is 10.3. The van der Waals surface area contributed by atoms with Crippen molar-refractivity contribution in [3.8, 4) is 22.6 Å². The van der Waals surface area contributed by atoms with Gasteiger partial charge >= 0.3 is 0 Å². The van der Waals surface area contributed by atoms with E-state index in [9.17, 15) is 0 Å². The second-order valence-electron chi connectivity index (χ2n) is 7.46. The van der Waals surface area contributed by atoms with Crippen molar-refractivity contribution in [3.05, 3.63) is 119 Å². The van der Waals surface area contributed by atoms with Crippen molar-refractivity contribution in [2.75, 3.05) is 14.2 Å². The van der Waals surface area contributed by atoms with Crippen LogP contribution in [-0.2, 0) is 0 Å². The normalized spacial score (nSPS) is 11.2. The number of hydrogen-bond donors (Lipinski definition) is 0. The topological polar surface area (TPSA) is 18.5 Å². The lowest BCUT2D eigenvalue weighted by Crippen LogP contribution is -1.82. The predicted molar refractivity (Wildman–Crippen MR) is 136 cm³/mol. The number of hydrogen-bond acceptors (Lipinski definition) is 2. The zero-order valence-corrected chi connectivity index (χ0v) is 18.4. The Balaban J connectivity index is 1.40. The van der Waals surface area contributed by atoms with E-state index in [0.29, 0.717) is 0 Å². The Bertz CT molecular complexity index is 1080. The molecule has 0 atom stereocenters. The van der Waals surface area contributed by atoms with E-state index < -0.39 is 0 Å².